The topological polar surface area (TPSA) is 87.4 Å². The first-order chi connectivity index (χ1) is 14.1. The normalized spacial score (nSPS) is 12.6. The lowest BCUT2D eigenvalue weighted by atomic mass is 10.2. The number of hydrogen-bond acceptors (Lipinski definition) is 5. The molecule has 0 saturated carbocycles. The number of rotatable bonds is 4. The van der Waals surface area contributed by atoms with Crippen LogP contribution in [-0.4, -0.2) is 27.0 Å². The van der Waals surface area contributed by atoms with Crippen molar-refractivity contribution in [3.63, 3.8) is 0 Å². The fourth-order valence-electron chi connectivity index (χ4n) is 3.67. The molecule has 1 amide bonds. The third kappa shape index (κ3) is 2.89. The zero-order valence-electron chi connectivity index (χ0n) is 15.7. The molecule has 0 spiro atoms. The van der Waals surface area contributed by atoms with Crippen LogP contribution in [0.4, 0.5) is 0 Å². The van der Waals surface area contributed by atoms with Gasteiger partial charge in [0.15, 0.2) is 11.5 Å². The van der Waals surface area contributed by atoms with E-state index in [4.69, 9.17) is 9.47 Å². The van der Waals surface area contributed by atoms with Crippen LogP contribution >= 0.6 is 0 Å². The molecule has 1 aliphatic rings. The van der Waals surface area contributed by atoms with Gasteiger partial charge < -0.3 is 19.4 Å². The number of amides is 1. The predicted octanol–water partition coefficient (Wildman–Crippen LogP) is 1.93. The van der Waals surface area contributed by atoms with Gasteiger partial charge >= 0.3 is 0 Å². The highest BCUT2D eigenvalue weighted by atomic mass is 16.7. The maximum Gasteiger partial charge on any atom is 0.291 e. The molecule has 0 aliphatic carbocycles. The van der Waals surface area contributed by atoms with Gasteiger partial charge in [0.1, 0.15) is 12.1 Å². The Bertz CT molecular complexity index is 1320. The summed E-state index contributed by atoms with van der Waals surface area (Å²) >= 11 is 0. The third-order valence-electron chi connectivity index (χ3n) is 5.13. The van der Waals surface area contributed by atoms with Crippen LogP contribution in [0.25, 0.3) is 21.8 Å². The number of aromatic nitrogens is 3. The Labute approximate surface area is 165 Å². The lowest BCUT2D eigenvalue weighted by Gasteiger charge is -2.08. The number of benzene rings is 2. The van der Waals surface area contributed by atoms with Crippen molar-refractivity contribution in [2.45, 2.75) is 13.1 Å². The van der Waals surface area contributed by atoms with Gasteiger partial charge in [0.25, 0.3) is 5.56 Å². The Hall–Kier alpha value is -3.81. The summed E-state index contributed by atoms with van der Waals surface area (Å²) in [5, 5.41) is 8.77. The molecular formula is C21H18N4O4. The molecule has 2 aromatic carbocycles. The van der Waals surface area contributed by atoms with E-state index >= 15 is 0 Å². The lowest BCUT2D eigenvalue weighted by Crippen LogP contribution is -2.33. The second kappa shape index (κ2) is 6.66. The van der Waals surface area contributed by atoms with Crippen molar-refractivity contribution in [3.8, 4) is 11.5 Å². The van der Waals surface area contributed by atoms with Gasteiger partial charge in [0.05, 0.1) is 6.20 Å². The Morgan fingerprint density at radius 1 is 1.14 bits per heavy atom. The molecule has 0 atom stereocenters. The van der Waals surface area contributed by atoms with Crippen LogP contribution in [0.5, 0.6) is 11.5 Å². The van der Waals surface area contributed by atoms with Crippen molar-refractivity contribution in [1.82, 2.24) is 19.7 Å². The van der Waals surface area contributed by atoms with Crippen LogP contribution in [-0.2, 0) is 24.9 Å². The number of nitrogens with one attached hydrogen (secondary N) is 1. The van der Waals surface area contributed by atoms with Gasteiger partial charge in [-0.05, 0) is 23.8 Å². The van der Waals surface area contributed by atoms with Gasteiger partial charge in [0.2, 0.25) is 12.7 Å². The van der Waals surface area contributed by atoms with Crippen LogP contribution in [0.1, 0.15) is 5.56 Å². The molecule has 146 valence electrons. The number of aryl methyl sites for hydroxylation is 1. The second-order valence-electron chi connectivity index (χ2n) is 6.91. The molecule has 8 heteroatoms. The van der Waals surface area contributed by atoms with E-state index in [1.807, 2.05) is 54.1 Å². The molecule has 3 heterocycles. The molecule has 0 fully saturated rings. The van der Waals surface area contributed by atoms with Crippen LogP contribution in [0, 0.1) is 0 Å². The minimum Gasteiger partial charge on any atom is -0.454 e. The van der Waals surface area contributed by atoms with Crippen molar-refractivity contribution >= 4 is 27.7 Å². The lowest BCUT2D eigenvalue weighted by molar-refractivity contribution is -0.122. The van der Waals surface area contributed by atoms with Gasteiger partial charge in [-0.15, -0.1) is 0 Å². The molecule has 2 aromatic heterocycles. The second-order valence-corrected chi connectivity index (χ2v) is 6.91. The summed E-state index contributed by atoms with van der Waals surface area (Å²) < 4.78 is 13.7. The highest BCUT2D eigenvalue weighted by molar-refractivity contribution is 6.07. The quantitative estimate of drug-likeness (QED) is 0.575. The van der Waals surface area contributed by atoms with E-state index in [0.717, 1.165) is 21.9 Å². The first kappa shape index (κ1) is 17.3. The highest BCUT2D eigenvalue weighted by Crippen LogP contribution is 2.32. The molecular weight excluding hydrogens is 372 g/mol. The maximum absolute atomic E-state index is 12.9. The fourth-order valence-corrected chi connectivity index (χ4v) is 3.67. The minimum atomic E-state index is -0.296. The summed E-state index contributed by atoms with van der Waals surface area (Å²) in [6.07, 6.45) is 1.64. The fraction of sp³-hybridized carbons (Fsp3) is 0.190. The molecule has 1 N–H and O–H groups in total. The number of fused-ring (bicyclic) bond motifs is 4. The van der Waals surface area contributed by atoms with Crippen LogP contribution in [0.3, 0.4) is 0 Å². The molecule has 8 nitrogen and oxygen atoms in total. The predicted molar refractivity (Wildman–Crippen MR) is 107 cm³/mol. The van der Waals surface area contributed by atoms with Gasteiger partial charge in [-0.25, -0.2) is 4.68 Å². The Balaban J connectivity index is 1.36. The van der Waals surface area contributed by atoms with Crippen molar-refractivity contribution in [2.75, 3.05) is 6.79 Å². The summed E-state index contributed by atoms with van der Waals surface area (Å²) in [7, 11) is 1.84. The van der Waals surface area contributed by atoms with E-state index in [-0.39, 0.29) is 24.8 Å². The molecule has 5 rings (SSSR count). The summed E-state index contributed by atoms with van der Waals surface area (Å²) in [5.74, 6) is 1.06. The van der Waals surface area contributed by atoms with E-state index in [1.54, 1.807) is 6.20 Å². The molecule has 4 aromatic rings. The summed E-state index contributed by atoms with van der Waals surface area (Å²) in [5.41, 5.74) is 2.07. The monoisotopic (exact) mass is 390 g/mol. The van der Waals surface area contributed by atoms with Crippen molar-refractivity contribution in [2.24, 2.45) is 7.05 Å². The summed E-state index contributed by atoms with van der Waals surface area (Å²) in [6, 6.07) is 13.3. The van der Waals surface area contributed by atoms with Crippen LogP contribution in [0.2, 0.25) is 0 Å². The van der Waals surface area contributed by atoms with E-state index < -0.39 is 0 Å². The number of para-hydroxylation sites is 1. The average molecular weight is 390 g/mol. The zero-order chi connectivity index (χ0) is 20.0. The van der Waals surface area contributed by atoms with E-state index in [1.165, 1.54) is 4.68 Å². The molecule has 0 radical (unpaired) electrons. The van der Waals surface area contributed by atoms with Crippen molar-refractivity contribution in [3.05, 3.63) is 64.6 Å². The minimum absolute atomic E-state index is 0.152. The summed E-state index contributed by atoms with van der Waals surface area (Å²) in [4.78, 5) is 25.3. The number of nitrogens with zero attached hydrogens (tertiary/aromatic N) is 3. The Morgan fingerprint density at radius 3 is 2.86 bits per heavy atom. The highest BCUT2D eigenvalue weighted by Gasteiger charge is 2.16. The number of hydrogen-bond donors (Lipinski definition) is 1. The number of ether oxygens (including phenoxy) is 2. The number of carbonyl (C=O) groups excluding carboxylic acids is 1. The van der Waals surface area contributed by atoms with E-state index in [9.17, 15) is 9.59 Å². The van der Waals surface area contributed by atoms with Gasteiger partial charge in [0, 0.05) is 29.9 Å². The van der Waals surface area contributed by atoms with Crippen LogP contribution in [0.15, 0.2) is 53.5 Å². The average Bonchev–Trinajstić information content (AvgIpc) is 3.31. The molecule has 0 saturated heterocycles. The number of carbonyl (C=O) groups is 1. The summed E-state index contributed by atoms with van der Waals surface area (Å²) in [6.45, 7) is 0.373. The first-order valence-electron chi connectivity index (χ1n) is 9.20. The molecule has 0 bridgehead atoms. The van der Waals surface area contributed by atoms with Gasteiger partial charge in [-0.1, -0.05) is 24.3 Å². The standard InChI is InChI=1S/C21H18N4O4/c1-24-16-5-3-2-4-14(16)15-10-23-25(21(27)20(15)24)11-19(26)22-9-13-6-7-17-18(8-13)29-12-28-17/h2-8,10H,9,11-12H2,1H3,(H,22,26). The van der Waals surface area contributed by atoms with E-state index in [2.05, 4.69) is 10.4 Å². The van der Waals surface area contributed by atoms with Crippen molar-refractivity contribution < 1.29 is 14.3 Å². The van der Waals surface area contributed by atoms with Crippen LogP contribution < -0.4 is 20.3 Å². The largest absolute Gasteiger partial charge is 0.454 e. The smallest absolute Gasteiger partial charge is 0.291 e. The van der Waals surface area contributed by atoms with Gasteiger partial charge in [-0.2, -0.15) is 5.10 Å². The Kier molecular flexibility index (Phi) is 3.97. The van der Waals surface area contributed by atoms with Gasteiger partial charge in [-0.3, -0.25) is 9.59 Å². The first-order valence-corrected chi connectivity index (χ1v) is 9.20. The molecule has 1 aliphatic heterocycles. The molecule has 0 unspecified atom stereocenters. The Morgan fingerprint density at radius 2 is 1.97 bits per heavy atom. The van der Waals surface area contributed by atoms with Crippen molar-refractivity contribution in [1.29, 1.82) is 0 Å². The maximum atomic E-state index is 12.9. The SMILES string of the molecule is Cn1c2ccccc2c2cnn(CC(=O)NCc3ccc4c(c3)OCO4)c(=O)c21. The van der Waals surface area contributed by atoms with E-state index in [0.29, 0.717) is 23.6 Å². The zero-order valence-corrected chi connectivity index (χ0v) is 15.7. The third-order valence-corrected chi connectivity index (χ3v) is 5.13. The molecule has 29 heavy (non-hydrogen) atoms.